The molecule has 22 heavy (non-hydrogen) atoms. The number of amides is 3. The van der Waals surface area contributed by atoms with Crippen molar-refractivity contribution >= 4 is 35.6 Å². The van der Waals surface area contributed by atoms with Gasteiger partial charge in [0.25, 0.3) is 5.91 Å². The lowest BCUT2D eigenvalue weighted by atomic mass is 10.1. The molecule has 0 radical (unpaired) electrons. The molecule has 1 aromatic rings. The Balaban J connectivity index is 1.57. The van der Waals surface area contributed by atoms with Crippen molar-refractivity contribution < 1.29 is 19.1 Å². The second kappa shape index (κ2) is 5.81. The van der Waals surface area contributed by atoms with Crippen LogP contribution in [0.1, 0.15) is 5.56 Å². The molecule has 0 saturated carbocycles. The van der Waals surface area contributed by atoms with E-state index in [1.807, 2.05) is 18.2 Å². The first kappa shape index (κ1) is 14.6. The molecule has 0 N–H and O–H groups in total. The number of hydrogen-bond donors (Lipinski definition) is 0. The largest absolute Gasteiger partial charge is 0.439 e. The zero-order valence-corrected chi connectivity index (χ0v) is 12.3. The summed E-state index contributed by atoms with van der Waals surface area (Å²) >= 11 is 6.00. The molecule has 2 aliphatic heterocycles. The Bertz CT molecular complexity index is 651. The molecule has 0 aliphatic carbocycles. The van der Waals surface area contributed by atoms with Gasteiger partial charge in [-0.1, -0.05) is 29.8 Å². The van der Waals surface area contributed by atoms with Gasteiger partial charge in [0.2, 0.25) is 5.91 Å². The van der Waals surface area contributed by atoms with Crippen LogP contribution in [0.2, 0.25) is 5.02 Å². The molecular weight excluding hydrogens is 308 g/mol. The number of carbonyl (C=O) groups excluding carboxylic acids is 3. The molecular formula is C15H13ClN2O4. The van der Waals surface area contributed by atoms with Crippen LogP contribution in [0, 0.1) is 0 Å². The number of rotatable bonds is 3. The normalized spacial score (nSPS) is 18.8. The van der Waals surface area contributed by atoms with Gasteiger partial charge in [-0.2, -0.15) is 0 Å². The second-order valence-electron chi connectivity index (χ2n) is 5.07. The summed E-state index contributed by atoms with van der Waals surface area (Å²) in [7, 11) is 0. The van der Waals surface area contributed by atoms with Gasteiger partial charge in [0.05, 0.1) is 6.04 Å². The standard InChI is InChI=1S/C15H13ClN2O4/c16-12-4-2-1-3-10(12)5-6-13(19)17-7-11(8-17)18-14(20)9-22-15(18)21/h1-6,11H,7-9H2/b6-5+. The van der Waals surface area contributed by atoms with E-state index in [-0.39, 0.29) is 24.5 Å². The van der Waals surface area contributed by atoms with Gasteiger partial charge in [-0.3, -0.25) is 9.59 Å². The lowest BCUT2D eigenvalue weighted by Crippen LogP contribution is -2.61. The van der Waals surface area contributed by atoms with Gasteiger partial charge in [-0.05, 0) is 17.7 Å². The highest BCUT2D eigenvalue weighted by molar-refractivity contribution is 6.32. The topological polar surface area (TPSA) is 66.9 Å². The third-order valence-corrected chi connectivity index (χ3v) is 3.98. The van der Waals surface area contributed by atoms with E-state index in [9.17, 15) is 14.4 Å². The number of halogens is 1. The molecule has 2 saturated heterocycles. The zero-order valence-electron chi connectivity index (χ0n) is 11.6. The van der Waals surface area contributed by atoms with Gasteiger partial charge in [-0.25, -0.2) is 9.69 Å². The van der Waals surface area contributed by atoms with Crippen LogP contribution >= 0.6 is 11.6 Å². The number of ether oxygens (including phenoxy) is 1. The van der Waals surface area contributed by atoms with Crippen molar-refractivity contribution in [1.82, 2.24) is 9.80 Å². The third-order valence-electron chi connectivity index (χ3n) is 3.63. The number of likely N-dealkylation sites (tertiary alicyclic amines) is 1. The molecule has 3 rings (SSSR count). The van der Waals surface area contributed by atoms with Crippen LogP contribution in [0.4, 0.5) is 4.79 Å². The zero-order chi connectivity index (χ0) is 15.7. The highest BCUT2D eigenvalue weighted by atomic mass is 35.5. The van der Waals surface area contributed by atoms with Gasteiger partial charge >= 0.3 is 6.09 Å². The van der Waals surface area contributed by atoms with Gasteiger partial charge in [0.15, 0.2) is 6.61 Å². The molecule has 0 atom stereocenters. The molecule has 114 valence electrons. The van der Waals surface area contributed by atoms with Crippen molar-refractivity contribution in [3.05, 3.63) is 40.9 Å². The van der Waals surface area contributed by atoms with E-state index in [4.69, 9.17) is 11.6 Å². The van der Waals surface area contributed by atoms with Crippen molar-refractivity contribution in [2.75, 3.05) is 19.7 Å². The van der Waals surface area contributed by atoms with E-state index in [1.165, 1.54) is 6.08 Å². The average Bonchev–Trinajstić information content (AvgIpc) is 2.77. The number of cyclic esters (lactones) is 1. The summed E-state index contributed by atoms with van der Waals surface area (Å²) in [4.78, 5) is 37.5. The SMILES string of the molecule is O=C(/C=C/c1ccccc1Cl)N1CC(N2C(=O)COC2=O)C1. The summed E-state index contributed by atoms with van der Waals surface area (Å²) in [5.74, 6) is -0.537. The minimum absolute atomic E-state index is 0.184. The van der Waals surface area contributed by atoms with Crippen molar-refractivity contribution in [3.8, 4) is 0 Å². The van der Waals surface area contributed by atoms with Crippen LogP contribution in [0.15, 0.2) is 30.3 Å². The highest BCUT2D eigenvalue weighted by Gasteiger charge is 2.43. The van der Waals surface area contributed by atoms with Gasteiger partial charge < -0.3 is 9.64 Å². The Hall–Kier alpha value is -2.34. The molecule has 2 heterocycles. The summed E-state index contributed by atoms with van der Waals surface area (Å²) in [6.07, 6.45) is 2.45. The Labute approximate surface area is 131 Å². The van der Waals surface area contributed by atoms with E-state index in [2.05, 4.69) is 4.74 Å². The first-order valence-electron chi connectivity index (χ1n) is 6.76. The van der Waals surface area contributed by atoms with Crippen LogP contribution in [0.3, 0.4) is 0 Å². The number of nitrogens with zero attached hydrogens (tertiary/aromatic N) is 2. The van der Waals surface area contributed by atoms with Crippen molar-refractivity contribution in [3.63, 3.8) is 0 Å². The third kappa shape index (κ3) is 2.69. The minimum atomic E-state index is -0.631. The average molecular weight is 321 g/mol. The second-order valence-corrected chi connectivity index (χ2v) is 5.48. The van der Waals surface area contributed by atoms with Gasteiger partial charge in [-0.15, -0.1) is 0 Å². The van der Waals surface area contributed by atoms with Crippen LogP contribution in [0.5, 0.6) is 0 Å². The molecule has 6 nitrogen and oxygen atoms in total. The van der Waals surface area contributed by atoms with Crippen LogP contribution in [-0.4, -0.2) is 53.4 Å². The maximum absolute atomic E-state index is 12.0. The molecule has 7 heteroatoms. The molecule has 1 aromatic carbocycles. The van der Waals surface area contributed by atoms with Crippen molar-refractivity contribution in [2.45, 2.75) is 6.04 Å². The van der Waals surface area contributed by atoms with E-state index in [0.717, 1.165) is 10.5 Å². The fourth-order valence-electron chi connectivity index (χ4n) is 2.39. The molecule has 0 bridgehead atoms. The highest BCUT2D eigenvalue weighted by Crippen LogP contribution is 2.21. The summed E-state index contributed by atoms with van der Waals surface area (Å²) < 4.78 is 4.65. The predicted molar refractivity (Wildman–Crippen MR) is 79.0 cm³/mol. The number of imide groups is 1. The molecule has 2 fully saturated rings. The monoisotopic (exact) mass is 320 g/mol. The molecule has 0 unspecified atom stereocenters. The van der Waals surface area contributed by atoms with Crippen LogP contribution in [0.25, 0.3) is 6.08 Å². The fraction of sp³-hybridized carbons (Fsp3) is 0.267. The Morgan fingerprint density at radius 2 is 2.00 bits per heavy atom. The predicted octanol–water partition coefficient (Wildman–Crippen LogP) is 1.54. The summed E-state index contributed by atoms with van der Waals surface area (Å²) in [5, 5.41) is 0.568. The van der Waals surface area contributed by atoms with Crippen LogP contribution < -0.4 is 0 Å². The molecule has 3 amide bonds. The summed E-state index contributed by atoms with van der Waals surface area (Å²) in [6, 6.07) is 6.91. The fourth-order valence-corrected chi connectivity index (χ4v) is 2.59. The molecule has 0 spiro atoms. The van der Waals surface area contributed by atoms with Crippen LogP contribution in [-0.2, 0) is 14.3 Å². The van der Waals surface area contributed by atoms with Crippen molar-refractivity contribution in [1.29, 1.82) is 0 Å². The van der Waals surface area contributed by atoms with E-state index < -0.39 is 6.09 Å². The summed E-state index contributed by atoms with van der Waals surface area (Å²) in [5.41, 5.74) is 0.757. The van der Waals surface area contributed by atoms with E-state index in [1.54, 1.807) is 17.0 Å². The Kier molecular flexibility index (Phi) is 3.85. The number of benzene rings is 1. The number of hydrogen-bond acceptors (Lipinski definition) is 4. The first-order valence-corrected chi connectivity index (χ1v) is 7.14. The van der Waals surface area contributed by atoms with E-state index in [0.29, 0.717) is 18.1 Å². The Morgan fingerprint density at radius 1 is 1.27 bits per heavy atom. The first-order chi connectivity index (χ1) is 10.6. The van der Waals surface area contributed by atoms with Crippen molar-refractivity contribution in [2.24, 2.45) is 0 Å². The maximum atomic E-state index is 12.0. The van der Waals surface area contributed by atoms with Gasteiger partial charge in [0.1, 0.15) is 0 Å². The van der Waals surface area contributed by atoms with Gasteiger partial charge in [0, 0.05) is 24.2 Å². The lowest BCUT2D eigenvalue weighted by molar-refractivity contribution is -0.138. The van der Waals surface area contributed by atoms with E-state index >= 15 is 0 Å². The minimum Gasteiger partial charge on any atom is -0.439 e. The molecule has 0 aromatic heterocycles. The summed E-state index contributed by atoms with van der Waals surface area (Å²) in [6.45, 7) is 0.439. The Morgan fingerprint density at radius 3 is 2.64 bits per heavy atom. The molecule has 2 aliphatic rings. The number of carbonyl (C=O) groups is 3. The smallest absolute Gasteiger partial charge is 0.417 e. The quantitative estimate of drug-likeness (QED) is 0.792. The maximum Gasteiger partial charge on any atom is 0.417 e. The lowest BCUT2D eigenvalue weighted by Gasteiger charge is -2.41.